The quantitative estimate of drug-likeness (QED) is 0.578. The summed E-state index contributed by atoms with van der Waals surface area (Å²) in [7, 11) is 0. The molecule has 0 spiro atoms. The van der Waals surface area contributed by atoms with Crippen LogP contribution in [0.3, 0.4) is 0 Å². The molecule has 0 aromatic carbocycles. The fraction of sp³-hybridized carbons (Fsp3) is 0.800. The van der Waals surface area contributed by atoms with E-state index in [1.54, 1.807) is 12.5 Å². The second-order valence-electron chi connectivity index (χ2n) is 1.60. The molecule has 9 heavy (non-hydrogen) atoms. The van der Waals surface area contributed by atoms with Crippen molar-refractivity contribution in [1.29, 1.82) is 0 Å². The molecular weight excluding hydrogens is 156 g/mol. The van der Waals surface area contributed by atoms with Gasteiger partial charge in [0, 0.05) is 0 Å². The molecule has 0 aliphatic carbocycles. The van der Waals surface area contributed by atoms with E-state index in [-0.39, 0.29) is 5.12 Å². The van der Waals surface area contributed by atoms with Gasteiger partial charge >= 0.3 is 0 Å². The predicted octanol–water partition coefficient (Wildman–Crippen LogP) is 0.645. The number of rotatable bonds is 3. The molecule has 0 aromatic heterocycles. The van der Waals surface area contributed by atoms with Gasteiger partial charge in [0.05, 0.1) is 12.7 Å². The van der Waals surface area contributed by atoms with E-state index in [2.05, 4.69) is 0 Å². The molecule has 0 radical (unpaired) electrons. The van der Waals surface area contributed by atoms with Gasteiger partial charge in [-0.15, -0.1) is 0 Å². The Hall–Kier alpha value is 0.330. The molecule has 0 N–H and O–H groups in total. The van der Waals surface area contributed by atoms with Crippen LogP contribution in [0.25, 0.3) is 0 Å². The molecule has 0 bridgehead atoms. The fourth-order valence-corrected chi connectivity index (χ4v) is 1.24. The van der Waals surface area contributed by atoms with Crippen molar-refractivity contribution in [2.45, 2.75) is 6.42 Å². The molecule has 0 saturated heterocycles. The van der Waals surface area contributed by atoms with Crippen LogP contribution in [0.15, 0.2) is 0 Å². The highest BCUT2D eigenvalue weighted by molar-refractivity contribution is 8.13. The zero-order valence-corrected chi connectivity index (χ0v) is 7.18. The van der Waals surface area contributed by atoms with Crippen molar-refractivity contribution >= 4 is 28.1 Å². The van der Waals surface area contributed by atoms with Gasteiger partial charge in [-0.3, -0.25) is 4.79 Å². The Morgan fingerprint density at radius 1 is 1.78 bits per heavy atom. The minimum Gasteiger partial charge on any atom is -0.617 e. The number of carbonyl (C=O) groups excluding carboxylic acids is 1. The first-order valence-corrected chi connectivity index (χ1v) is 5.49. The van der Waals surface area contributed by atoms with E-state index in [0.29, 0.717) is 12.2 Å². The van der Waals surface area contributed by atoms with Crippen LogP contribution in [0.4, 0.5) is 0 Å². The first-order valence-electron chi connectivity index (χ1n) is 2.53. The third-order valence-electron chi connectivity index (χ3n) is 0.821. The van der Waals surface area contributed by atoms with Gasteiger partial charge < -0.3 is 4.55 Å². The van der Waals surface area contributed by atoms with Gasteiger partial charge in [0.25, 0.3) is 0 Å². The van der Waals surface area contributed by atoms with E-state index in [1.807, 2.05) is 0 Å². The van der Waals surface area contributed by atoms with Gasteiger partial charge in [-0.25, -0.2) is 0 Å². The van der Waals surface area contributed by atoms with Crippen LogP contribution < -0.4 is 0 Å². The summed E-state index contributed by atoms with van der Waals surface area (Å²) in [6, 6.07) is 0. The average Bonchev–Trinajstić information content (AvgIpc) is 1.83. The fourth-order valence-electron chi connectivity index (χ4n) is 0.329. The van der Waals surface area contributed by atoms with E-state index in [9.17, 15) is 9.35 Å². The molecule has 0 fully saturated rings. The average molecular weight is 166 g/mol. The highest BCUT2D eigenvalue weighted by atomic mass is 32.2. The van der Waals surface area contributed by atoms with Crippen molar-refractivity contribution in [2.24, 2.45) is 0 Å². The van der Waals surface area contributed by atoms with Crippen LogP contribution in [0.2, 0.25) is 0 Å². The number of carbonyl (C=O) groups is 1. The third-order valence-corrected chi connectivity index (χ3v) is 2.26. The van der Waals surface area contributed by atoms with Crippen molar-refractivity contribution in [1.82, 2.24) is 0 Å². The normalized spacial score (nSPS) is 13.2. The number of hydrogen-bond donors (Lipinski definition) is 0. The van der Waals surface area contributed by atoms with Gasteiger partial charge in [-0.1, -0.05) is 22.9 Å². The van der Waals surface area contributed by atoms with E-state index in [0.717, 1.165) is 0 Å². The van der Waals surface area contributed by atoms with Crippen molar-refractivity contribution in [3.63, 3.8) is 0 Å². The molecule has 0 aliphatic rings. The molecule has 0 aliphatic heterocycles. The molecule has 2 nitrogen and oxygen atoms in total. The van der Waals surface area contributed by atoms with Crippen LogP contribution in [-0.4, -0.2) is 27.9 Å². The summed E-state index contributed by atoms with van der Waals surface area (Å²) in [5.41, 5.74) is 0. The molecule has 54 valence electrons. The summed E-state index contributed by atoms with van der Waals surface area (Å²) in [6.45, 7) is 0. The highest BCUT2D eigenvalue weighted by Gasteiger charge is 2.02. The third kappa shape index (κ3) is 6.21. The maximum absolute atomic E-state index is 10.5. The van der Waals surface area contributed by atoms with Gasteiger partial charge in [0.1, 0.15) is 5.75 Å². The Morgan fingerprint density at radius 2 is 2.33 bits per heavy atom. The first-order chi connectivity index (χ1) is 4.16. The molecule has 0 heterocycles. The predicted molar refractivity (Wildman–Crippen MR) is 42.1 cm³/mol. The van der Waals surface area contributed by atoms with Crippen LogP contribution in [0, 0.1) is 0 Å². The molecule has 0 rings (SSSR count). The second-order valence-corrected chi connectivity index (χ2v) is 4.02. The maximum Gasteiger partial charge on any atom is 0.193 e. The monoisotopic (exact) mass is 166 g/mol. The van der Waals surface area contributed by atoms with E-state index >= 15 is 0 Å². The number of hydrogen-bond acceptors (Lipinski definition) is 3. The highest BCUT2D eigenvalue weighted by Crippen LogP contribution is 2.00. The molecule has 0 amide bonds. The maximum atomic E-state index is 10.5. The summed E-state index contributed by atoms with van der Waals surface area (Å²) >= 11 is 0.372. The van der Waals surface area contributed by atoms with Gasteiger partial charge in [-0.2, -0.15) is 0 Å². The Labute approximate surface area is 62.6 Å². The molecule has 0 saturated carbocycles. The van der Waals surface area contributed by atoms with E-state index in [1.165, 1.54) is 11.8 Å². The Kier molecular flexibility index (Phi) is 5.33. The zero-order valence-electron chi connectivity index (χ0n) is 5.55. The Bertz CT molecular complexity index is 93.0. The lowest BCUT2D eigenvalue weighted by atomic mass is 10.5. The lowest BCUT2D eigenvalue weighted by Crippen LogP contribution is -2.06. The summed E-state index contributed by atoms with van der Waals surface area (Å²) in [6.07, 6.45) is 3.78. The van der Waals surface area contributed by atoms with Crippen molar-refractivity contribution < 1.29 is 9.35 Å². The lowest BCUT2D eigenvalue weighted by molar-refractivity contribution is -0.110. The SMILES string of the molecule is CSC(=O)CC[S+](C)[O-]. The van der Waals surface area contributed by atoms with Gasteiger partial charge in [-0.05, 0) is 6.26 Å². The number of thioether (sulfide) groups is 1. The largest absolute Gasteiger partial charge is 0.617 e. The van der Waals surface area contributed by atoms with Crippen molar-refractivity contribution in [2.75, 3.05) is 18.3 Å². The standard InChI is InChI=1S/C5H10O2S2/c1-8-5(6)3-4-9(2)7/h3-4H2,1-2H3. The minimum atomic E-state index is -0.822. The van der Waals surface area contributed by atoms with E-state index < -0.39 is 11.2 Å². The molecular formula is C5H10O2S2. The Morgan fingerprint density at radius 3 is 2.67 bits per heavy atom. The molecule has 4 heteroatoms. The summed E-state index contributed by atoms with van der Waals surface area (Å²) in [5, 5.41) is 0.116. The molecule has 1 atom stereocenters. The van der Waals surface area contributed by atoms with Crippen LogP contribution in [0.1, 0.15) is 6.42 Å². The Balaban J connectivity index is 3.17. The summed E-state index contributed by atoms with van der Waals surface area (Å²) < 4.78 is 10.4. The zero-order chi connectivity index (χ0) is 7.28. The van der Waals surface area contributed by atoms with Crippen LogP contribution in [-0.2, 0) is 16.0 Å². The summed E-state index contributed by atoms with van der Waals surface area (Å²) in [5.74, 6) is 0.500. The first kappa shape index (κ1) is 9.33. The minimum absolute atomic E-state index is 0.116. The van der Waals surface area contributed by atoms with Crippen molar-refractivity contribution in [3.8, 4) is 0 Å². The second kappa shape index (κ2) is 5.14. The lowest BCUT2D eigenvalue weighted by Gasteiger charge is -2.01. The van der Waals surface area contributed by atoms with E-state index in [4.69, 9.17) is 0 Å². The molecule has 0 aromatic rings. The van der Waals surface area contributed by atoms with Crippen molar-refractivity contribution in [3.05, 3.63) is 0 Å². The van der Waals surface area contributed by atoms with Gasteiger partial charge in [0.2, 0.25) is 0 Å². The van der Waals surface area contributed by atoms with Crippen LogP contribution >= 0.6 is 11.8 Å². The summed E-state index contributed by atoms with van der Waals surface area (Å²) in [4.78, 5) is 10.5. The topological polar surface area (TPSA) is 40.1 Å². The van der Waals surface area contributed by atoms with Gasteiger partial charge in [0.15, 0.2) is 5.12 Å². The van der Waals surface area contributed by atoms with Crippen LogP contribution in [0.5, 0.6) is 0 Å². The molecule has 1 unspecified atom stereocenters. The smallest absolute Gasteiger partial charge is 0.193 e.